The van der Waals surface area contributed by atoms with Crippen molar-refractivity contribution in [3.05, 3.63) is 76.7 Å². The van der Waals surface area contributed by atoms with Crippen LogP contribution in [0.2, 0.25) is 0 Å². The molecule has 2 aromatic carbocycles. The van der Waals surface area contributed by atoms with Gasteiger partial charge in [-0.1, -0.05) is 36.4 Å². The van der Waals surface area contributed by atoms with E-state index in [1.807, 2.05) is 60.7 Å². The van der Waals surface area contributed by atoms with Crippen LogP contribution in [-0.4, -0.2) is 9.78 Å². The third kappa shape index (κ3) is 3.78. The number of thioether (sulfide) groups is 1. The van der Waals surface area contributed by atoms with Gasteiger partial charge in [-0.3, -0.25) is 14.6 Å². The summed E-state index contributed by atoms with van der Waals surface area (Å²) in [5.41, 5.74) is 1.68. The van der Waals surface area contributed by atoms with Gasteiger partial charge in [0.25, 0.3) is 5.56 Å². The molecule has 3 rings (SSSR count). The van der Waals surface area contributed by atoms with Crippen LogP contribution in [0, 0.1) is 0 Å². The van der Waals surface area contributed by atoms with Crippen molar-refractivity contribution in [2.75, 3.05) is 0 Å². The summed E-state index contributed by atoms with van der Waals surface area (Å²) in [6, 6.07) is 19.4. The summed E-state index contributed by atoms with van der Waals surface area (Å²) >= 11 is 1.65. The van der Waals surface area contributed by atoms with Crippen LogP contribution in [0.4, 0.5) is 11.4 Å². The van der Waals surface area contributed by atoms with Crippen molar-refractivity contribution in [2.45, 2.75) is 10.6 Å². The maximum atomic E-state index is 12.2. The van der Waals surface area contributed by atoms with Gasteiger partial charge in [-0.15, -0.1) is 16.9 Å². The second kappa shape index (κ2) is 7.11. The molecule has 1 N–H and O–H groups in total. The Morgan fingerprint density at radius 1 is 1.00 bits per heavy atom. The molecule has 0 unspecified atom stereocenters. The van der Waals surface area contributed by atoms with E-state index in [0.29, 0.717) is 11.4 Å². The average molecular weight is 324 g/mol. The lowest BCUT2D eigenvalue weighted by molar-refractivity contribution is 0.729. The van der Waals surface area contributed by atoms with Crippen molar-refractivity contribution in [1.82, 2.24) is 9.78 Å². The Balaban J connectivity index is 1.82. The number of aryl methyl sites for hydroxylation is 1. The van der Waals surface area contributed by atoms with Crippen molar-refractivity contribution in [3.8, 4) is 0 Å². The Labute approximate surface area is 138 Å². The molecule has 0 aliphatic rings. The van der Waals surface area contributed by atoms with E-state index in [1.54, 1.807) is 18.8 Å². The molecule has 1 aromatic heterocycles. The van der Waals surface area contributed by atoms with Gasteiger partial charge in [0.05, 0.1) is 11.4 Å². The first-order valence-electron chi connectivity index (χ1n) is 7.16. The fraction of sp³-hybridized carbons (Fsp3) is 0.118. The van der Waals surface area contributed by atoms with Gasteiger partial charge in [0.2, 0.25) is 0 Å². The van der Waals surface area contributed by atoms with Gasteiger partial charge in [-0.05, 0) is 24.3 Å². The lowest BCUT2D eigenvalue weighted by atomic mass is 10.3. The average Bonchev–Trinajstić information content (AvgIpc) is 2.87. The van der Waals surface area contributed by atoms with Gasteiger partial charge in [-0.25, -0.2) is 0 Å². The summed E-state index contributed by atoms with van der Waals surface area (Å²) in [6.45, 7) is 0. The summed E-state index contributed by atoms with van der Waals surface area (Å²) in [5.74, 6) is 0.628. The van der Waals surface area contributed by atoms with E-state index < -0.39 is 0 Å². The zero-order valence-corrected chi connectivity index (χ0v) is 13.5. The standard InChI is InChI=1S/C17H16N4OS/c1-21-17(22)16(19-18-13-8-4-2-5-9-13)15(20-21)12-23-14-10-6-3-7-11-14/h2-11,20H,12H2,1H3. The number of H-pyrrole nitrogens is 1. The predicted octanol–water partition coefficient (Wildman–Crippen LogP) is 4.42. The maximum Gasteiger partial charge on any atom is 0.294 e. The van der Waals surface area contributed by atoms with Crippen LogP contribution in [0.5, 0.6) is 0 Å². The normalized spacial score (nSPS) is 11.2. The fourth-order valence-corrected chi connectivity index (χ4v) is 2.93. The van der Waals surface area contributed by atoms with Crippen LogP contribution >= 0.6 is 11.8 Å². The Morgan fingerprint density at radius 3 is 2.35 bits per heavy atom. The van der Waals surface area contributed by atoms with Crippen molar-refractivity contribution in [2.24, 2.45) is 17.3 Å². The molecule has 0 saturated carbocycles. The minimum absolute atomic E-state index is 0.173. The molecule has 0 saturated heterocycles. The van der Waals surface area contributed by atoms with E-state index in [1.165, 1.54) is 4.68 Å². The van der Waals surface area contributed by atoms with Crippen molar-refractivity contribution >= 4 is 23.1 Å². The number of benzene rings is 2. The summed E-state index contributed by atoms with van der Waals surface area (Å²) in [4.78, 5) is 13.3. The Bertz CT molecular complexity index is 853. The molecule has 0 radical (unpaired) electrons. The first-order valence-corrected chi connectivity index (χ1v) is 8.15. The summed E-state index contributed by atoms with van der Waals surface area (Å²) in [6.07, 6.45) is 0. The predicted molar refractivity (Wildman–Crippen MR) is 92.7 cm³/mol. The van der Waals surface area contributed by atoms with Crippen LogP contribution in [-0.2, 0) is 12.8 Å². The van der Waals surface area contributed by atoms with Gasteiger partial charge in [0.1, 0.15) is 0 Å². The number of rotatable bonds is 5. The van der Waals surface area contributed by atoms with E-state index in [-0.39, 0.29) is 5.56 Å². The Hall–Kier alpha value is -2.60. The van der Waals surface area contributed by atoms with Gasteiger partial charge in [0.15, 0.2) is 5.69 Å². The molecule has 6 heteroatoms. The Morgan fingerprint density at radius 2 is 1.65 bits per heavy atom. The van der Waals surface area contributed by atoms with Crippen LogP contribution < -0.4 is 5.56 Å². The second-order valence-corrected chi connectivity index (χ2v) is 5.99. The molecule has 0 spiro atoms. The third-order valence-corrected chi connectivity index (χ3v) is 4.28. The highest BCUT2D eigenvalue weighted by atomic mass is 32.2. The lowest BCUT2D eigenvalue weighted by Crippen LogP contribution is -2.10. The molecule has 116 valence electrons. The van der Waals surface area contributed by atoms with E-state index >= 15 is 0 Å². The molecular weight excluding hydrogens is 308 g/mol. The van der Waals surface area contributed by atoms with Crippen LogP contribution in [0.25, 0.3) is 0 Å². The minimum atomic E-state index is -0.173. The van der Waals surface area contributed by atoms with E-state index in [9.17, 15) is 4.79 Å². The molecule has 3 aromatic rings. The molecule has 0 atom stereocenters. The largest absolute Gasteiger partial charge is 0.297 e. The van der Waals surface area contributed by atoms with Crippen molar-refractivity contribution in [3.63, 3.8) is 0 Å². The zero-order valence-electron chi connectivity index (χ0n) is 12.6. The molecule has 0 aliphatic heterocycles. The zero-order chi connectivity index (χ0) is 16.1. The number of azo groups is 1. The number of nitrogens with zero attached hydrogens (tertiary/aromatic N) is 3. The molecule has 0 aliphatic carbocycles. The summed E-state index contributed by atoms with van der Waals surface area (Å²) < 4.78 is 1.43. The number of hydrogen-bond acceptors (Lipinski definition) is 4. The quantitative estimate of drug-likeness (QED) is 0.558. The topological polar surface area (TPSA) is 62.5 Å². The molecule has 0 amide bonds. The summed E-state index contributed by atoms with van der Waals surface area (Å²) in [7, 11) is 1.68. The summed E-state index contributed by atoms with van der Waals surface area (Å²) in [5, 5.41) is 11.4. The van der Waals surface area contributed by atoms with Gasteiger partial charge < -0.3 is 0 Å². The minimum Gasteiger partial charge on any atom is -0.297 e. The number of hydrogen-bond donors (Lipinski definition) is 1. The van der Waals surface area contributed by atoms with Crippen LogP contribution in [0.1, 0.15) is 5.69 Å². The molecule has 23 heavy (non-hydrogen) atoms. The molecule has 5 nitrogen and oxygen atoms in total. The molecular formula is C17H16N4OS. The number of aromatic amines is 1. The first kappa shape index (κ1) is 15.3. The highest BCUT2D eigenvalue weighted by molar-refractivity contribution is 7.98. The van der Waals surface area contributed by atoms with E-state index in [4.69, 9.17) is 0 Å². The van der Waals surface area contributed by atoms with Crippen LogP contribution in [0.15, 0.2) is 80.6 Å². The fourth-order valence-electron chi connectivity index (χ4n) is 2.07. The maximum absolute atomic E-state index is 12.2. The first-order chi connectivity index (χ1) is 11.2. The second-order valence-electron chi connectivity index (χ2n) is 4.94. The number of nitrogens with one attached hydrogen (secondary N) is 1. The van der Waals surface area contributed by atoms with Crippen molar-refractivity contribution < 1.29 is 0 Å². The van der Waals surface area contributed by atoms with Crippen LogP contribution in [0.3, 0.4) is 0 Å². The Kier molecular flexibility index (Phi) is 4.73. The molecule has 0 bridgehead atoms. The molecule has 1 heterocycles. The SMILES string of the molecule is Cn1[nH]c(CSc2ccccc2)c(N=Nc2ccccc2)c1=O. The van der Waals surface area contributed by atoms with Gasteiger partial charge in [-0.2, -0.15) is 5.11 Å². The van der Waals surface area contributed by atoms with E-state index in [0.717, 1.165) is 16.3 Å². The van der Waals surface area contributed by atoms with Gasteiger partial charge in [0, 0.05) is 17.7 Å². The highest BCUT2D eigenvalue weighted by Gasteiger charge is 2.12. The smallest absolute Gasteiger partial charge is 0.294 e. The van der Waals surface area contributed by atoms with Gasteiger partial charge >= 0.3 is 0 Å². The van der Waals surface area contributed by atoms with Crippen molar-refractivity contribution in [1.29, 1.82) is 0 Å². The van der Waals surface area contributed by atoms with E-state index in [2.05, 4.69) is 15.3 Å². The lowest BCUT2D eigenvalue weighted by Gasteiger charge is -2.00. The highest BCUT2D eigenvalue weighted by Crippen LogP contribution is 2.26. The monoisotopic (exact) mass is 324 g/mol. The number of aromatic nitrogens is 2. The third-order valence-electron chi connectivity index (χ3n) is 3.24. The molecule has 0 fully saturated rings.